The molecule has 17 heavy (non-hydrogen) atoms. The minimum Gasteiger partial charge on any atom is -0.632 e. The third-order valence-electron chi connectivity index (χ3n) is 4.07. The molecule has 0 amide bonds. The average molecular weight is 320 g/mol. The second-order valence-electron chi connectivity index (χ2n) is 5.41. The van der Waals surface area contributed by atoms with Gasteiger partial charge in [0.15, 0.2) is 0 Å². The number of nitrogens with zero attached hydrogens (tertiary/aromatic N) is 1. The molecule has 1 saturated heterocycles. The molecule has 95 valence electrons. The number of hydrogen-bond donors (Lipinski definition) is 1. The van der Waals surface area contributed by atoms with Crippen molar-refractivity contribution in [3.63, 3.8) is 0 Å². The van der Waals surface area contributed by atoms with Gasteiger partial charge in [0.25, 0.3) is 0 Å². The highest BCUT2D eigenvalue weighted by molar-refractivity contribution is 9.10. The van der Waals surface area contributed by atoms with Gasteiger partial charge in [-0.05, 0) is 55.1 Å². The van der Waals surface area contributed by atoms with Crippen molar-refractivity contribution in [1.82, 2.24) is 5.06 Å². The average Bonchev–Trinajstić information content (AvgIpc) is 2.68. The molecular formula is C11H16BrN2O2S. The molecule has 2 heterocycles. The summed E-state index contributed by atoms with van der Waals surface area (Å²) < 4.78 is 0.843. The van der Waals surface area contributed by atoms with Crippen molar-refractivity contribution in [2.75, 3.05) is 0 Å². The number of halogens is 1. The van der Waals surface area contributed by atoms with Crippen molar-refractivity contribution in [2.24, 2.45) is 0 Å². The summed E-state index contributed by atoms with van der Waals surface area (Å²) in [6.45, 7) is 7.36. The third kappa shape index (κ3) is 1.70. The molecule has 1 fully saturated rings. The van der Waals surface area contributed by atoms with Crippen molar-refractivity contribution >= 4 is 27.3 Å². The molecular weight excluding hydrogens is 304 g/mol. The number of quaternary nitrogens is 1. The third-order valence-corrected chi connectivity index (χ3v) is 6.00. The van der Waals surface area contributed by atoms with Crippen LogP contribution in [0.4, 0.5) is 0 Å². The van der Waals surface area contributed by atoms with Crippen LogP contribution in [-0.4, -0.2) is 16.1 Å². The number of rotatable bonds is 1. The topological polar surface area (TPSA) is 50.6 Å². The lowest BCUT2D eigenvalue weighted by Crippen LogP contribution is -3.14. The first kappa shape index (κ1) is 13.5. The van der Waals surface area contributed by atoms with Crippen LogP contribution in [0.2, 0.25) is 0 Å². The Morgan fingerprint density at radius 3 is 2.41 bits per heavy atom. The van der Waals surface area contributed by atoms with Gasteiger partial charge in [0.2, 0.25) is 6.17 Å². The number of thiophene rings is 1. The van der Waals surface area contributed by atoms with E-state index in [4.69, 9.17) is 0 Å². The first-order valence-electron chi connectivity index (χ1n) is 5.45. The van der Waals surface area contributed by atoms with Crippen molar-refractivity contribution < 1.29 is 10.3 Å². The smallest absolute Gasteiger partial charge is 0.206 e. The molecule has 1 N–H and O–H groups in total. The van der Waals surface area contributed by atoms with Crippen LogP contribution >= 0.6 is 27.3 Å². The zero-order chi connectivity index (χ0) is 13.0. The Balaban J connectivity index is 2.48. The summed E-state index contributed by atoms with van der Waals surface area (Å²) in [5.74, 6) is 0. The number of hydrogen-bond acceptors (Lipinski definition) is 3. The SMILES string of the molecule is CC1(C)N([O])C(c2sccc2Br)[NH+]([O-])C1(C)C. The van der Waals surface area contributed by atoms with E-state index in [2.05, 4.69) is 15.9 Å². The van der Waals surface area contributed by atoms with Crippen LogP contribution in [0.25, 0.3) is 0 Å². The van der Waals surface area contributed by atoms with Crippen LogP contribution in [0.3, 0.4) is 0 Å². The zero-order valence-corrected chi connectivity index (χ0v) is 12.7. The Hall–Kier alpha value is 0.0200. The molecule has 2 rings (SSSR count). The quantitative estimate of drug-likeness (QED) is 0.806. The molecule has 1 aromatic heterocycles. The highest BCUT2D eigenvalue weighted by Crippen LogP contribution is 2.40. The zero-order valence-electron chi connectivity index (χ0n) is 10.3. The van der Waals surface area contributed by atoms with Crippen LogP contribution in [0.1, 0.15) is 38.7 Å². The van der Waals surface area contributed by atoms with Crippen LogP contribution in [0, 0.1) is 5.21 Å². The summed E-state index contributed by atoms with van der Waals surface area (Å²) in [5, 5.41) is 27.7. The summed E-state index contributed by atoms with van der Waals surface area (Å²) in [7, 11) is 0. The van der Waals surface area contributed by atoms with E-state index < -0.39 is 17.2 Å². The van der Waals surface area contributed by atoms with Gasteiger partial charge >= 0.3 is 0 Å². The number of hydroxylamine groups is 4. The molecule has 0 saturated carbocycles. The second kappa shape index (κ2) is 4.01. The first-order chi connectivity index (χ1) is 7.71. The fourth-order valence-electron chi connectivity index (χ4n) is 2.07. The summed E-state index contributed by atoms with van der Waals surface area (Å²) in [4.78, 5) is 0.809. The molecule has 1 aromatic rings. The lowest BCUT2D eigenvalue weighted by atomic mass is 9.84. The minimum absolute atomic E-state index is 0.000602. The van der Waals surface area contributed by atoms with Crippen molar-refractivity contribution in [3.05, 3.63) is 26.0 Å². The maximum atomic E-state index is 12.4. The maximum absolute atomic E-state index is 12.4. The van der Waals surface area contributed by atoms with E-state index in [1.54, 1.807) is 0 Å². The van der Waals surface area contributed by atoms with Crippen LogP contribution in [0.15, 0.2) is 15.9 Å². The van der Waals surface area contributed by atoms with Crippen LogP contribution < -0.4 is 5.06 Å². The highest BCUT2D eigenvalue weighted by atomic mass is 79.9. The Morgan fingerprint density at radius 1 is 1.47 bits per heavy atom. The van der Waals surface area contributed by atoms with Gasteiger partial charge in [-0.3, -0.25) is 0 Å². The summed E-state index contributed by atoms with van der Waals surface area (Å²) in [6, 6.07) is 1.87. The molecule has 4 nitrogen and oxygen atoms in total. The maximum Gasteiger partial charge on any atom is 0.206 e. The van der Waals surface area contributed by atoms with Crippen molar-refractivity contribution in [1.29, 1.82) is 0 Å². The van der Waals surface area contributed by atoms with Gasteiger partial charge in [-0.15, -0.1) is 16.5 Å². The fourth-order valence-corrected chi connectivity index (χ4v) is 3.74. The second-order valence-corrected chi connectivity index (χ2v) is 7.21. The van der Waals surface area contributed by atoms with E-state index in [1.807, 2.05) is 39.1 Å². The minimum atomic E-state index is -0.682. The molecule has 1 aliphatic heterocycles. The molecule has 0 spiro atoms. The molecule has 1 radical (unpaired) electrons. The monoisotopic (exact) mass is 319 g/mol. The van der Waals surface area contributed by atoms with Gasteiger partial charge in [0.1, 0.15) is 11.1 Å². The lowest BCUT2D eigenvalue weighted by molar-refractivity contribution is -0.926. The summed E-state index contributed by atoms with van der Waals surface area (Å²) >= 11 is 4.85. The molecule has 1 aliphatic rings. The van der Waals surface area contributed by atoms with Crippen molar-refractivity contribution in [2.45, 2.75) is 44.9 Å². The van der Waals surface area contributed by atoms with Gasteiger partial charge in [0.05, 0.1) is 4.88 Å². The van der Waals surface area contributed by atoms with E-state index in [0.29, 0.717) is 0 Å². The number of nitrogens with one attached hydrogen (secondary N) is 1. The summed E-state index contributed by atoms with van der Waals surface area (Å²) in [5.41, 5.74) is -1.32. The van der Waals surface area contributed by atoms with Crippen LogP contribution in [0.5, 0.6) is 0 Å². The van der Waals surface area contributed by atoms with E-state index in [0.717, 1.165) is 14.4 Å². The molecule has 0 aliphatic carbocycles. The van der Waals surface area contributed by atoms with E-state index in [9.17, 15) is 10.4 Å². The van der Waals surface area contributed by atoms with Gasteiger partial charge in [-0.25, -0.2) is 0 Å². The lowest BCUT2D eigenvalue weighted by Gasteiger charge is -2.38. The highest BCUT2D eigenvalue weighted by Gasteiger charge is 2.60. The first-order valence-corrected chi connectivity index (χ1v) is 7.12. The Morgan fingerprint density at radius 2 is 2.06 bits per heavy atom. The van der Waals surface area contributed by atoms with E-state index in [-0.39, 0.29) is 5.06 Å². The molecule has 0 bridgehead atoms. The van der Waals surface area contributed by atoms with E-state index in [1.165, 1.54) is 11.3 Å². The predicted octanol–water partition coefficient (Wildman–Crippen LogP) is 2.11. The summed E-state index contributed by atoms with van der Waals surface area (Å²) in [6.07, 6.45) is -0.672. The van der Waals surface area contributed by atoms with Gasteiger partial charge in [-0.2, -0.15) is 0 Å². The largest absolute Gasteiger partial charge is 0.632 e. The van der Waals surface area contributed by atoms with Crippen molar-refractivity contribution in [3.8, 4) is 0 Å². The van der Waals surface area contributed by atoms with Gasteiger partial charge in [-0.1, -0.05) is 5.06 Å². The molecule has 6 heteroatoms. The predicted molar refractivity (Wildman–Crippen MR) is 69.8 cm³/mol. The van der Waals surface area contributed by atoms with E-state index >= 15 is 0 Å². The molecule has 2 atom stereocenters. The normalized spacial score (nSPS) is 31.9. The standard InChI is InChI=1S/C11H16BrN2O2S/c1-10(2)11(3,4)14(16)9(13(10)15)8-7(12)5-6-17-8/h5-6,9,13H,1-4H3. The van der Waals surface area contributed by atoms with Gasteiger partial charge < -0.3 is 10.3 Å². The Labute approximate surface area is 114 Å². The molecule has 2 unspecified atom stereocenters. The Kier molecular flexibility index (Phi) is 3.17. The molecule has 0 aromatic carbocycles. The fraction of sp³-hybridized carbons (Fsp3) is 0.636. The Bertz CT molecular complexity index is 413. The van der Waals surface area contributed by atoms with Crippen LogP contribution in [-0.2, 0) is 5.21 Å². The van der Waals surface area contributed by atoms with Gasteiger partial charge in [0, 0.05) is 4.47 Å².